The highest BCUT2D eigenvalue weighted by Gasteiger charge is 2.14. The summed E-state index contributed by atoms with van der Waals surface area (Å²) < 4.78 is 5.43. The first-order valence-electron chi connectivity index (χ1n) is 3.98. The number of hydrogen-bond donors (Lipinski definition) is 0. The van der Waals surface area contributed by atoms with Crippen LogP contribution in [-0.2, 0) is 4.74 Å². The lowest BCUT2D eigenvalue weighted by molar-refractivity contribution is 0.257. The Balaban J connectivity index is 2.22. The Hall–Kier alpha value is -0.720. The quantitative estimate of drug-likeness (QED) is 0.497. The van der Waals surface area contributed by atoms with Gasteiger partial charge in [-0.1, -0.05) is 6.08 Å². The molecule has 54 valence electrons. The molecule has 0 fully saturated rings. The molecule has 0 amide bonds. The minimum atomic E-state index is 0.912. The SMILES string of the molecule is C1=CC2=C(CCC1)CCO2. The van der Waals surface area contributed by atoms with Crippen molar-refractivity contribution in [2.45, 2.75) is 25.7 Å². The summed E-state index contributed by atoms with van der Waals surface area (Å²) in [5.74, 6) is 1.16. The van der Waals surface area contributed by atoms with E-state index in [1.165, 1.54) is 31.3 Å². The molecular weight excluding hydrogens is 124 g/mol. The van der Waals surface area contributed by atoms with E-state index in [0.29, 0.717) is 0 Å². The topological polar surface area (TPSA) is 9.23 Å². The molecule has 1 heteroatoms. The van der Waals surface area contributed by atoms with Gasteiger partial charge < -0.3 is 4.74 Å². The van der Waals surface area contributed by atoms with Crippen molar-refractivity contribution in [1.82, 2.24) is 0 Å². The third kappa shape index (κ3) is 0.962. The van der Waals surface area contributed by atoms with Crippen LogP contribution in [0.25, 0.3) is 0 Å². The zero-order valence-electron chi connectivity index (χ0n) is 6.10. The van der Waals surface area contributed by atoms with Crippen molar-refractivity contribution in [3.63, 3.8) is 0 Å². The van der Waals surface area contributed by atoms with Crippen LogP contribution >= 0.6 is 0 Å². The smallest absolute Gasteiger partial charge is 0.118 e. The van der Waals surface area contributed by atoms with E-state index in [1.54, 1.807) is 0 Å². The molecule has 10 heavy (non-hydrogen) atoms. The van der Waals surface area contributed by atoms with E-state index in [0.717, 1.165) is 12.4 Å². The highest BCUT2D eigenvalue weighted by Crippen LogP contribution is 2.27. The fourth-order valence-corrected chi connectivity index (χ4v) is 1.55. The van der Waals surface area contributed by atoms with Gasteiger partial charge in [0.05, 0.1) is 6.61 Å². The van der Waals surface area contributed by atoms with Crippen molar-refractivity contribution in [2.75, 3.05) is 6.61 Å². The summed E-state index contributed by atoms with van der Waals surface area (Å²) in [6.07, 6.45) is 9.29. The zero-order chi connectivity index (χ0) is 6.81. The lowest BCUT2D eigenvalue weighted by atomic mass is 10.1. The molecule has 1 aliphatic heterocycles. The standard InChI is InChI=1S/C9H12O/c1-2-4-8-6-7-10-9(8)5-3-1/h3,5H,1-2,4,6-7H2. The van der Waals surface area contributed by atoms with E-state index in [-0.39, 0.29) is 0 Å². The maximum absolute atomic E-state index is 5.43. The summed E-state index contributed by atoms with van der Waals surface area (Å²) in [4.78, 5) is 0. The molecule has 1 heterocycles. The maximum Gasteiger partial charge on any atom is 0.118 e. The molecule has 2 aliphatic rings. The van der Waals surface area contributed by atoms with Crippen LogP contribution in [-0.4, -0.2) is 6.61 Å². The number of allylic oxidation sites excluding steroid dienone is 2. The largest absolute Gasteiger partial charge is 0.493 e. The van der Waals surface area contributed by atoms with Crippen molar-refractivity contribution < 1.29 is 4.74 Å². The minimum absolute atomic E-state index is 0.912. The van der Waals surface area contributed by atoms with Crippen LogP contribution in [0.5, 0.6) is 0 Å². The highest BCUT2D eigenvalue weighted by atomic mass is 16.5. The Bertz CT molecular complexity index is 189. The van der Waals surface area contributed by atoms with E-state index in [2.05, 4.69) is 12.2 Å². The van der Waals surface area contributed by atoms with Gasteiger partial charge in [-0.25, -0.2) is 0 Å². The molecule has 1 aliphatic carbocycles. The summed E-state index contributed by atoms with van der Waals surface area (Å²) >= 11 is 0. The molecule has 0 bridgehead atoms. The molecule has 0 saturated carbocycles. The van der Waals surface area contributed by atoms with Crippen LogP contribution in [0.3, 0.4) is 0 Å². The van der Waals surface area contributed by atoms with Gasteiger partial charge in [0, 0.05) is 6.42 Å². The normalized spacial score (nSPS) is 24.0. The monoisotopic (exact) mass is 136 g/mol. The molecule has 2 rings (SSSR count). The lowest BCUT2D eigenvalue weighted by Crippen LogP contribution is -1.80. The molecule has 0 aromatic heterocycles. The van der Waals surface area contributed by atoms with Gasteiger partial charge in [-0.05, 0) is 30.9 Å². The third-order valence-corrected chi connectivity index (χ3v) is 2.13. The third-order valence-electron chi connectivity index (χ3n) is 2.13. The van der Waals surface area contributed by atoms with Crippen molar-refractivity contribution in [3.8, 4) is 0 Å². The first kappa shape index (κ1) is 6.02. The molecule has 0 unspecified atom stereocenters. The average molecular weight is 136 g/mol. The predicted molar refractivity (Wildman–Crippen MR) is 40.6 cm³/mol. The van der Waals surface area contributed by atoms with Crippen LogP contribution in [0.2, 0.25) is 0 Å². The second-order valence-electron chi connectivity index (χ2n) is 2.86. The Labute approximate surface area is 61.4 Å². The van der Waals surface area contributed by atoms with E-state index in [9.17, 15) is 0 Å². The van der Waals surface area contributed by atoms with Crippen molar-refractivity contribution in [2.24, 2.45) is 0 Å². The Morgan fingerprint density at radius 2 is 2.30 bits per heavy atom. The van der Waals surface area contributed by atoms with E-state index in [1.807, 2.05) is 0 Å². The number of rotatable bonds is 0. The highest BCUT2D eigenvalue weighted by molar-refractivity contribution is 5.25. The molecule has 1 nitrogen and oxygen atoms in total. The number of ether oxygens (including phenoxy) is 1. The van der Waals surface area contributed by atoms with Crippen molar-refractivity contribution in [1.29, 1.82) is 0 Å². The van der Waals surface area contributed by atoms with Crippen LogP contribution in [0.1, 0.15) is 25.7 Å². The van der Waals surface area contributed by atoms with Crippen LogP contribution in [0.15, 0.2) is 23.5 Å². The minimum Gasteiger partial charge on any atom is -0.493 e. The average Bonchev–Trinajstić information content (AvgIpc) is 2.28. The first-order chi connectivity index (χ1) is 4.97. The summed E-state index contributed by atoms with van der Waals surface area (Å²) in [5, 5.41) is 0. The van der Waals surface area contributed by atoms with Gasteiger partial charge in [-0.15, -0.1) is 0 Å². The lowest BCUT2D eigenvalue weighted by Gasteiger charge is -1.95. The van der Waals surface area contributed by atoms with Gasteiger partial charge in [-0.3, -0.25) is 0 Å². The van der Waals surface area contributed by atoms with Gasteiger partial charge >= 0.3 is 0 Å². The second kappa shape index (κ2) is 2.49. The molecule has 0 spiro atoms. The van der Waals surface area contributed by atoms with Crippen LogP contribution in [0, 0.1) is 0 Å². The fourth-order valence-electron chi connectivity index (χ4n) is 1.55. The summed E-state index contributed by atoms with van der Waals surface area (Å²) in [5.41, 5.74) is 1.54. The van der Waals surface area contributed by atoms with Gasteiger partial charge in [0.2, 0.25) is 0 Å². The van der Waals surface area contributed by atoms with E-state index in [4.69, 9.17) is 4.74 Å². The van der Waals surface area contributed by atoms with Crippen LogP contribution in [0.4, 0.5) is 0 Å². The molecule has 0 atom stereocenters. The van der Waals surface area contributed by atoms with Crippen molar-refractivity contribution in [3.05, 3.63) is 23.5 Å². The van der Waals surface area contributed by atoms with Crippen molar-refractivity contribution >= 4 is 0 Å². The Kier molecular flexibility index (Phi) is 1.50. The number of hydrogen-bond acceptors (Lipinski definition) is 1. The summed E-state index contributed by atoms with van der Waals surface area (Å²) in [7, 11) is 0. The second-order valence-corrected chi connectivity index (χ2v) is 2.86. The molecule has 0 aromatic rings. The summed E-state index contributed by atoms with van der Waals surface area (Å²) in [6.45, 7) is 0.912. The van der Waals surface area contributed by atoms with E-state index >= 15 is 0 Å². The van der Waals surface area contributed by atoms with Gasteiger partial charge in [0.25, 0.3) is 0 Å². The molecular formula is C9H12O. The molecule has 0 aromatic carbocycles. The summed E-state index contributed by atoms with van der Waals surface area (Å²) in [6, 6.07) is 0. The Morgan fingerprint density at radius 3 is 3.30 bits per heavy atom. The first-order valence-corrected chi connectivity index (χ1v) is 3.98. The van der Waals surface area contributed by atoms with E-state index < -0.39 is 0 Å². The molecule has 0 N–H and O–H groups in total. The van der Waals surface area contributed by atoms with Gasteiger partial charge in [0.15, 0.2) is 0 Å². The molecule has 0 radical (unpaired) electrons. The fraction of sp³-hybridized carbons (Fsp3) is 0.556. The predicted octanol–water partition coefficient (Wildman–Crippen LogP) is 2.40. The maximum atomic E-state index is 5.43. The van der Waals surface area contributed by atoms with Gasteiger partial charge in [0.1, 0.15) is 5.76 Å². The van der Waals surface area contributed by atoms with Gasteiger partial charge in [-0.2, -0.15) is 0 Å². The van der Waals surface area contributed by atoms with Crippen LogP contribution < -0.4 is 0 Å². The zero-order valence-corrected chi connectivity index (χ0v) is 6.10. The molecule has 0 saturated heterocycles. The Morgan fingerprint density at radius 1 is 1.30 bits per heavy atom.